The van der Waals surface area contributed by atoms with Gasteiger partial charge in [0, 0.05) is 21.9 Å². The lowest BCUT2D eigenvalue weighted by Gasteiger charge is -2.26. The molecule has 0 radical (unpaired) electrons. The molecule has 0 bridgehead atoms. The first-order valence-corrected chi connectivity index (χ1v) is 22.3. The summed E-state index contributed by atoms with van der Waals surface area (Å²) in [5.41, 5.74) is 16.0. The van der Waals surface area contributed by atoms with Gasteiger partial charge < -0.3 is 14.0 Å². The number of hydrogen-bond acceptors (Lipinski definition) is 2. The second kappa shape index (κ2) is 14.6. The van der Waals surface area contributed by atoms with Crippen LogP contribution in [0.3, 0.4) is 0 Å². The third kappa shape index (κ3) is 7.95. The number of halogens is 1. The Morgan fingerprint density at radius 2 is 0.806 bits per heavy atom. The van der Waals surface area contributed by atoms with Gasteiger partial charge in [-0.05, 0) is 126 Å². The maximum absolute atomic E-state index is 15.4. The molecule has 0 amide bonds. The van der Waals surface area contributed by atoms with Crippen LogP contribution in [0.5, 0.6) is 11.5 Å². The van der Waals surface area contributed by atoms with Crippen molar-refractivity contribution in [3.05, 3.63) is 136 Å². The van der Waals surface area contributed by atoms with Gasteiger partial charge in [-0.1, -0.05) is 165 Å². The van der Waals surface area contributed by atoms with E-state index in [1.807, 2.05) is 6.92 Å². The van der Waals surface area contributed by atoms with E-state index in [9.17, 15) is 0 Å². The smallest absolute Gasteiger partial charge is 0.231 e. The van der Waals surface area contributed by atoms with Crippen molar-refractivity contribution in [3.63, 3.8) is 0 Å². The van der Waals surface area contributed by atoms with Crippen molar-refractivity contribution in [1.82, 2.24) is 4.57 Å². The average molecular weight is 828 g/mol. The summed E-state index contributed by atoms with van der Waals surface area (Å²) in [6, 6.07) is 35.7. The summed E-state index contributed by atoms with van der Waals surface area (Å²) in [6.45, 7) is 36.1. The molecule has 2 heterocycles. The van der Waals surface area contributed by atoms with E-state index >= 15 is 4.39 Å². The minimum atomic E-state index is -0.300. The van der Waals surface area contributed by atoms with Gasteiger partial charge >= 0.3 is 0 Å². The third-order valence-electron chi connectivity index (χ3n) is 12.9. The summed E-state index contributed by atoms with van der Waals surface area (Å²) in [4.78, 5) is 0. The lowest BCUT2D eigenvalue weighted by atomic mass is 9.79. The Bertz CT molecular complexity index is 2710. The van der Waals surface area contributed by atoms with Crippen LogP contribution in [0.1, 0.15) is 137 Å². The van der Waals surface area contributed by atoms with Crippen LogP contribution in [0.15, 0.2) is 97.1 Å². The molecule has 6 aromatic carbocycles. The van der Waals surface area contributed by atoms with Gasteiger partial charge in [0.05, 0.1) is 16.7 Å². The molecule has 0 saturated carbocycles. The standard InChI is InChI=1S/C58H66FNO2/c1-34-21-44(59)32-48-47-30-43(58(14,15)16)31-51(53(47)62-33-61-52(34)48)60-49-26-35(37-22-39(54(2,3)4)28-40(23-37)55(5,6)7)17-19-45(49)46-20-18-36(27-50(46)60)38-24-41(56(8,9)10)29-42(25-38)57(11,12)13/h17-32H,33H2,1-16H3. The van der Waals surface area contributed by atoms with Gasteiger partial charge in [-0.3, -0.25) is 0 Å². The molecule has 3 nitrogen and oxygen atoms in total. The van der Waals surface area contributed by atoms with E-state index in [2.05, 4.69) is 193 Å². The van der Waals surface area contributed by atoms with Crippen LogP contribution in [0.25, 0.3) is 60.9 Å². The third-order valence-corrected chi connectivity index (χ3v) is 12.9. The second-order valence-corrected chi connectivity index (χ2v) is 23.0. The molecule has 62 heavy (non-hydrogen) atoms. The van der Waals surface area contributed by atoms with E-state index in [-0.39, 0.29) is 39.7 Å². The normalized spacial score (nSPS) is 13.8. The zero-order chi connectivity index (χ0) is 45.1. The van der Waals surface area contributed by atoms with E-state index in [0.29, 0.717) is 17.1 Å². The first kappa shape index (κ1) is 43.3. The fourth-order valence-corrected chi connectivity index (χ4v) is 8.79. The molecule has 8 rings (SSSR count). The molecule has 0 fully saturated rings. The number of benzene rings is 6. The zero-order valence-corrected chi connectivity index (χ0v) is 40.1. The van der Waals surface area contributed by atoms with Crippen LogP contribution < -0.4 is 9.47 Å². The number of hydrogen-bond donors (Lipinski definition) is 0. The van der Waals surface area contributed by atoms with Crippen molar-refractivity contribution in [3.8, 4) is 50.6 Å². The predicted octanol–water partition coefficient (Wildman–Crippen LogP) is 16.4. The largest absolute Gasteiger partial charge is 0.457 e. The minimum Gasteiger partial charge on any atom is -0.457 e. The van der Waals surface area contributed by atoms with Crippen molar-refractivity contribution < 1.29 is 13.9 Å². The average Bonchev–Trinajstić information content (AvgIpc) is 3.36. The minimum absolute atomic E-state index is 0.00627. The van der Waals surface area contributed by atoms with Gasteiger partial charge in [0.15, 0.2) is 5.75 Å². The molecule has 0 saturated heterocycles. The molecule has 322 valence electrons. The molecule has 0 atom stereocenters. The summed E-state index contributed by atoms with van der Waals surface area (Å²) >= 11 is 0. The monoisotopic (exact) mass is 828 g/mol. The Kier molecular flexibility index (Phi) is 10.2. The molecule has 0 aliphatic carbocycles. The number of aromatic nitrogens is 1. The fourth-order valence-electron chi connectivity index (χ4n) is 8.79. The Hall–Kier alpha value is -5.35. The summed E-state index contributed by atoms with van der Waals surface area (Å²) in [7, 11) is 0. The lowest BCUT2D eigenvalue weighted by Crippen LogP contribution is -2.16. The molecule has 1 aliphatic heterocycles. The maximum Gasteiger partial charge on any atom is 0.231 e. The van der Waals surface area contributed by atoms with Crippen LogP contribution in [0.4, 0.5) is 4.39 Å². The van der Waals surface area contributed by atoms with Gasteiger partial charge in [-0.2, -0.15) is 0 Å². The zero-order valence-electron chi connectivity index (χ0n) is 40.1. The highest BCUT2D eigenvalue weighted by Crippen LogP contribution is 2.49. The van der Waals surface area contributed by atoms with Gasteiger partial charge in [-0.25, -0.2) is 4.39 Å². The molecule has 0 spiro atoms. The Balaban J connectivity index is 1.51. The Morgan fingerprint density at radius 3 is 1.23 bits per heavy atom. The van der Waals surface area contributed by atoms with E-state index < -0.39 is 0 Å². The predicted molar refractivity (Wildman–Crippen MR) is 261 cm³/mol. The SMILES string of the molecule is Cc1cc(F)cc2c1OCOc1c-2cc(C(C)(C)C)cc1-n1c2cc(-c3cc(C(C)(C)C)cc(C(C)(C)C)c3)ccc2c2ccc(-c3cc(C(C)(C)C)cc(C(C)(C)C)c3)cc21. The summed E-state index contributed by atoms with van der Waals surface area (Å²) in [6.07, 6.45) is 0. The Labute approximate surface area is 370 Å². The van der Waals surface area contributed by atoms with E-state index in [0.717, 1.165) is 55.3 Å². The fraction of sp³-hybridized carbons (Fsp3) is 0.379. The molecule has 1 aliphatic rings. The van der Waals surface area contributed by atoms with E-state index in [1.165, 1.54) is 39.4 Å². The molecular weight excluding hydrogens is 762 g/mol. The summed E-state index contributed by atoms with van der Waals surface area (Å²) < 4.78 is 30.8. The number of aryl methyl sites for hydroxylation is 1. The van der Waals surface area contributed by atoms with Crippen LogP contribution in [0.2, 0.25) is 0 Å². The molecule has 0 N–H and O–H groups in total. The number of fused-ring (bicyclic) bond motifs is 6. The molecule has 4 heteroatoms. The highest BCUT2D eigenvalue weighted by atomic mass is 19.1. The highest BCUT2D eigenvalue weighted by molar-refractivity contribution is 6.11. The topological polar surface area (TPSA) is 23.4 Å². The van der Waals surface area contributed by atoms with Crippen molar-refractivity contribution >= 4 is 21.8 Å². The first-order valence-electron chi connectivity index (χ1n) is 22.3. The van der Waals surface area contributed by atoms with Crippen LogP contribution in [-0.4, -0.2) is 11.4 Å². The van der Waals surface area contributed by atoms with E-state index in [1.54, 1.807) is 6.07 Å². The quantitative estimate of drug-likeness (QED) is 0.177. The summed E-state index contributed by atoms with van der Waals surface area (Å²) in [5.74, 6) is 1.02. The van der Waals surface area contributed by atoms with Crippen molar-refractivity contribution in [1.29, 1.82) is 0 Å². The number of ether oxygens (including phenoxy) is 2. The van der Waals surface area contributed by atoms with Gasteiger partial charge in [0.1, 0.15) is 11.6 Å². The van der Waals surface area contributed by atoms with E-state index in [4.69, 9.17) is 9.47 Å². The highest BCUT2D eigenvalue weighted by Gasteiger charge is 2.29. The number of rotatable bonds is 3. The van der Waals surface area contributed by atoms with Crippen LogP contribution >= 0.6 is 0 Å². The molecular formula is C58H66FNO2. The molecule has 0 unspecified atom stereocenters. The van der Waals surface area contributed by atoms with Crippen molar-refractivity contribution in [2.75, 3.05) is 6.79 Å². The van der Waals surface area contributed by atoms with Gasteiger partial charge in [0.2, 0.25) is 6.79 Å². The summed E-state index contributed by atoms with van der Waals surface area (Å²) in [5, 5.41) is 2.30. The lowest BCUT2D eigenvalue weighted by molar-refractivity contribution is 0.124. The first-order chi connectivity index (χ1) is 28.7. The van der Waals surface area contributed by atoms with Crippen LogP contribution in [0, 0.1) is 12.7 Å². The molecule has 1 aromatic heterocycles. The van der Waals surface area contributed by atoms with Crippen molar-refractivity contribution in [2.45, 2.75) is 138 Å². The Morgan fingerprint density at radius 1 is 0.419 bits per heavy atom. The van der Waals surface area contributed by atoms with Gasteiger partial charge in [-0.15, -0.1) is 0 Å². The second-order valence-electron chi connectivity index (χ2n) is 23.0. The van der Waals surface area contributed by atoms with Crippen molar-refractivity contribution in [2.24, 2.45) is 0 Å². The maximum atomic E-state index is 15.4. The van der Waals surface area contributed by atoms with Gasteiger partial charge in [0.25, 0.3) is 0 Å². The molecule has 7 aromatic rings. The number of nitrogens with zero attached hydrogens (tertiary/aromatic N) is 1. The van der Waals surface area contributed by atoms with Crippen LogP contribution in [-0.2, 0) is 27.1 Å².